The first kappa shape index (κ1) is 9.92. The lowest BCUT2D eigenvalue weighted by Gasteiger charge is -2.25. The van der Waals surface area contributed by atoms with Gasteiger partial charge in [0.15, 0.2) is 0 Å². The number of rotatable bonds is 0. The van der Waals surface area contributed by atoms with Crippen LogP contribution in [0.4, 0.5) is 0 Å². The van der Waals surface area contributed by atoms with Crippen molar-refractivity contribution in [3.05, 3.63) is 0 Å². The van der Waals surface area contributed by atoms with Crippen LogP contribution in [-0.2, 0) is 0 Å². The molecule has 0 aliphatic carbocycles. The fourth-order valence-electron chi connectivity index (χ4n) is 1.03. The van der Waals surface area contributed by atoms with E-state index in [2.05, 4.69) is 11.9 Å². The van der Waals surface area contributed by atoms with E-state index in [1.807, 2.05) is 13.8 Å². The van der Waals surface area contributed by atoms with E-state index in [1.165, 1.54) is 25.9 Å². The highest BCUT2D eigenvalue weighted by Crippen LogP contribution is 2.04. The zero-order valence-electron chi connectivity index (χ0n) is 7.43. The largest absolute Gasteiger partial charge is 0.328 e. The maximum absolute atomic E-state index is 5.67. The minimum absolute atomic E-state index is 0. The van der Waals surface area contributed by atoms with Gasteiger partial charge in [-0.2, -0.15) is 0 Å². The molecule has 0 bridgehead atoms. The smallest absolute Gasteiger partial charge is 0.00631 e. The fourth-order valence-corrected chi connectivity index (χ4v) is 1.03. The van der Waals surface area contributed by atoms with Gasteiger partial charge in [0.2, 0.25) is 0 Å². The van der Waals surface area contributed by atoms with Gasteiger partial charge in [-0.05, 0) is 33.0 Å². The van der Waals surface area contributed by atoms with Crippen LogP contribution in [0.1, 0.15) is 28.1 Å². The molecule has 10 heavy (non-hydrogen) atoms. The normalized spacial score (nSPS) is 21.6. The molecular weight excluding hydrogens is 124 g/mol. The van der Waals surface area contributed by atoms with Crippen LogP contribution in [0.25, 0.3) is 0 Å². The van der Waals surface area contributed by atoms with Gasteiger partial charge in [0.1, 0.15) is 0 Å². The van der Waals surface area contributed by atoms with Crippen LogP contribution in [0.5, 0.6) is 0 Å². The van der Waals surface area contributed by atoms with Gasteiger partial charge in [-0.15, -0.1) is 0 Å². The van der Waals surface area contributed by atoms with Gasteiger partial charge in [-0.3, -0.25) is 0 Å². The highest BCUT2D eigenvalue weighted by molar-refractivity contribution is 4.70. The summed E-state index contributed by atoms with van der Waals surface area (Å²) in [6.45, 7) is 6.36. The van der Waals surface area contributed by atoms with Crippen molar-refractivity contribution in [3.8, 4) is 0 Å². The van der Waals surface area contributed by atoms with Crippen molar-refractivity contribution >= 4 is 0 Å². The molecule has 0 saturated carbocycles. The Bertz CT molecular complexity index is 60.5. The van der Waals surface area contributed by atoms with E-state index in [0.29, 0.717) is 6.04 Å². The molecule has 2 nitrogen and oxygen atoms in total. The molecule has 2 N–H and O–H groups in total. The van der Waals surface area contributed by atoms with E-state index in [1.54, 1.807) is 0 Å². The quantitative estimate of drug-likeness (QED) is 0.558. The molecule has 0 aromatic rings. The van der Waals surface area contributed by atoms with E-state index in [4.69, 9.17) is 5.73 Å². The summed E-state index contributed by atoms with van der Waals surface area (Å²) < 4.78 is 0. The van der Waals surface area contributed by atoms with Gasteiger partial charge in [0.05, 0.1) is 0 Å². The Balaban J connectivity index is 0. The summed E-state index contributed by atoms with van der Waals surface area (Å²) in [5.41, 5.74) is 5.67. The molecule has 0 spiro atoms. The van der Waals surface area contributed by atoms with Gasteiger partial charge in [-0.25, -0.2) is 0 Å². The molecule has 0 aromatic carbocycles. The van der Waals surface area contributed by atoms with Crippen molar-refractivity contribution in [1.82, 2.24) is 4.90 Å². The lowest BCUT2D eigenvalue weighted by Crippen LogP contribution is -2.37. The van der Waals surface area contributed by atoms with Crippen LogP contribution in [0.2, 0.25) is 0 Å². The van der Waals surface area contributed by atoms with E-state index in [9.17, 15) is 0 Å². The maximum Gasteiger partial charge on any atom is 0.00631 e. The predicted octanol–water partition coefficient (Wildman–Crippen LogP) is 1.31. The van der Waals surface area contributed by atoms with Crippen molar-refractivity contribution < 1.29 is 1.43 Å². The average Bonchev–Trinajstić information content (AvgIpc) is 2.00. The summed E-state index contributed by atoms with van der Waals surface area (Å²) in [7, 11) is 2.14. The summed E-state index contributed by atoms with van der Waals surface area (Å²) >= 11 is 0. The number of hydrogen-bond acceptors (Lipinski definition) is 2. The molecule has 0 aromatic heterocycles. The first-order valence-corrected chi connectivity index (χ1v) is 4.23. The second-order valence-electron chi connectivity index (χ2n) is 2.64. The molecule has 64 valence electrons. The molecule has 1 fully saturated rings. The van der Waals surface area contributed by atoms with E-state index < -0.39 is 0 Å². The molecular formula is C8H22N2. The van der Waals surface area contributed by atoms with E-state index >= 15 is 0 Å². The minimum Gasteiger partial charge on any atom is -0.328 e. The van der Waals surface area contributed by atoms with Crippen LogP contribution < -0.4 is 5.73 Å². The van der Waals surface area contributed by atoms with Crippen LogP contribution >= 0.6 is 0 Å². The summed E-state index contributed by atoms with van der Waals surface area (Å²) in [4.78, 5) is 2.32. The Labute approximate surface area is 65.9 Å². The second-order valence-corrected chi connectivity index (χ2v) is 2.64. The van der Waals surface area contributed by atoms with Crippen LogP contribution in [-0.4, -0.2) is 31.1 Å². The zero-order valence-corrected chi connectivity index (χ0v) is 7.43. The Morgan fingerprint density at radius 3 is 2.00 bits per heavy atom. The molecule has 2 heteroatoms. The van der Waals surface area contributed by atoms with Gasteiger partial charge in [0, 0.05) is 7.47 Å². The third kappa shape index (κ3) is 3.85. The molecule has 1 aliphatic heterocycles. The monoisotopic (exact) mass is 146 g/mol. The van der Waals surface area contributed by atoms with Crippen LogP contribution in [0.3, 0.4) is 0 Å². The molecule has 1 heterocycles. The van der Waals surface area contributed by atoms with Crippen LogP contribution in [0.15, 0.2) is 0 Å². The van der Waals surface area contributed by atoms with Gasteiger partial charge >= 0.3 is 0 Å². The average molecular weight is 146 g/mol. The highest BCUT2D eigenvalue weighted by atomic mass is 15.1. The number of hydrogen-bond donors (Lipinski definition) is 1. The lowest BCUT2D eigenvalue weighted by molar-refractivity contribution is 0.256. The summed E-state index contributed by atoms with van der Waals surface area (Å²) in [6.07, 6.45) is 2.35. The first-order valence-electron chi connectivity index (χ1n) is 4.23. The van der Waals surface area contributed by atoms with Crippen molar-refractivity contribution in [1.29, 1.82) is 0 Å². The van der Waals surface area contributed by atoms with E-state index in [0.717, 1.165) is 0 Å². The number of piperidine rings is 1. The molecule has 0 atom stereocenters. The molecule has 1 aliphatic rings. The molecule has 0 radical (unpaired) electrons. The summed E-state index contributed by atoms with van der Waals surface area (Å²) in [5.74, 6) is 0. The standard InChI is InChI=1S/C6H14N2.C2H6.H2/c1-8-4-2-6(7)3-5-8;1-2;/h6H,2-5,7H2,1H3;1-2H3;1H. The van der Waals surface area contributed by atoms with Gasteiger partial charge in [0.25, 0.3) is 0 Å². The van der Waals surface area contributed by atoms with Gasteiger partial charge in [-0.1, -0.05) is 13.8 Å². The fraction of sp³-hybridized carbons (Fsp3) is 1.00. The lowest BCUT2D eigenvalue weighted by atomic mass is 10.1. The Hall–Kier alpha value is -0.0800. The number of likely N-dealkylation sites (tertiary alicyclic amines) is 1. The maximum atomic E-state index is 5.67. The summed E-state index contributed by atoms with van der Waals surface area (Å²) in [5, 5.41) is 0. The third-order valence-corrected chi connectivity index (χ3v) is 1.76. The molecule has 1 rings (SSSR count). The Kier molecular flexibility index (Phi) is 5.64. The number of nitrogens with two attached hydrogens (primary N) is 1. The Morgan fingerprint density at radius 2 is 1.70 bits per heavy atom. The third-order valence-electron chi connectivity index (χ3n) is 1.76. The summed E-state index contributed by atoms with van der Waals surface area (Å²) in [6, 6.07) is 0.478. The van der Waals surface area contributed by atoms with E-state index in [-0.39, 0.29) is 1.43 Å². The topological polar surface area (TPSA) is 29.3 Å². The van der Waals surface area contributed by atoms with Crippen molar-refractivity contribution in [2.75, 3.05) is 20.1 Å². The first-order chi connectivity index (χ1) is 4.79. The second kappa shape index (κ2) is 5.69. The molecule has 0 amide bonds. The van der Waals surface area contributed by atoms with Crippen LogP contribution in [0, 0.1) is 0 Å². The number of nitrogens with zero attached hydrogens (tertiary/aromatic N) is 1. The van der Waals surface area contributed by atoms with Crippen molar-refractivity contribution in [3.63, 3.8) is 0 Å². The predicted molar refractivity (Wildman–Crippen MR) is 48.2 cm³/mol. The Morgan fingerprint density at radius 1 is 1.30 bits per heavy atom. The van der Waals surface area contributed by atoms with Gasteiger partial charge < -0.3 is 10.6 Å². The minimum atomic E-state index is 0. The van der Waals surface area contributed by atoms with Crippen molar-refractivity contribution in [2.45, 2.75) is 32.7 Å². The SMILES string of the molecule is CC.CN1CCC(N)CC1.[HH]. The zero-order chi connectivity index (χ0) is 7.98. The molecule has 1 saturated heterocycles. The molecule has 0 unspecified atom stereocenters. The highest BCUT2D eigenvalue weighted by Gasteiger charge is 2.10. The van der Waals surface area contributed by atoms with Crippen molar-refractivity contribution in [2.24, 2.45) is 5.73 Å².